The number of hydrogen-bond acceptors (Lipinski definition) is 6. The van der Waals surface area contributed by atoms with Crippen LogP contribution >= 0.6 is 0 Å². The lowest BCUT2D eigenvalue weighted by Gasteiger charge is -2.07. The van der Waals surface area contributed by atoms with Crippen molar-refractivity contribution in [3.8, 4) is 28.6 Å². The second-order valence-corrected chi connectivity index (χ2v) is 5.90. The van der Waals surface area contributed by atoms with Gasteiger partial charge in [0.1, 0.15) is 5.75 Å². The van der Waals surface area contributed by atoms with Crippen molar-refractivity contribution in [2.45, 2.75) is 0 Å². The Morgan fingerprint density at radius 2 is 1.96 bits per heavy atom. The molecule has 0 unspecified atom stereocenters. The van der Waals surface area contributed by atoms with E-state index in [4.69, 9.17) is 9.26 Å². The molecule has 0 aliphatic carbocycles. The number of rotatable bonds is 5. The Kier molecular flexibility index (Phi) is 4.79. The first-order chi connectivity index (χ1) is 13.7. The maximum Gasteiger partial charge on any atom is 0.259 e. The predicted octanol–water partition coefficient (Wildman–Crippen LogP) is 4.06. The molecule has 0 bridgehead atoms. The number of carbonyl (C=O) groups excluding carboxylic acids is 1. The van der Waals surface area contributed by atoms with Gasteiger partial charge in [-0.2, -0.15) is 4.98 Å². The third-order valence-corrected chi connectivity index (χ3v) is 4.08. The Morgan fingerprint density at radius 1 is 1.07 bits per heavy atom. The molecule has 0 spiro atoms. The highest BCUT2D eigenvalue weighted by molar-refractivity contribution is 6.08. The monoisotopic (exact) mass is 372 g/mol. The Balaban J connectivity index is 1.65. The smallest absolute Gasteiger partial charge is 0.259 e. The van der Waals surface area contributed by atoms with E-state index in [0.29, 0.717) is 28.4 Å². The number of carbonyl (C=O) groups is 1. The summed E-state index contributed by atoms with van der Waals surface area (Å²) < 4.78 is 10.7. The van der Waals surface area contributed by atoms with Crippen molar-refractivity contribution in [3.05, 3.63) is 78.6 Å². The molecule has 4 aromatic rings. The van der Waals surface area contributed by atoms with Crippen molar-refractivity contribution in [1.29, 1.82) is 0 Å². The van der Waals surface area contributed by atoms with Crippen LogP contribution in [0.4, 0.5) is 5.69 Å². The van der Waals surface area contributed by atoms with E-state index in [1.165, 1.54) is 0 Å². The summed E-state index contributed by atoms with van der Waals surface area (Å²) in [6.07, 6.45) is 3.22. The minimum Gasteiger partial charge on any atom is -0.497 e. The van der Waals surface area contributed by atoms with Gasteiger partial charge < -0.3 is 14.6 Å². The highest BCUT2D eigenvalue weighted by Gasteiger charge is 2.18. The average molecular weight is 372 g/mol. The average Bonchev–Trinajstić information content (AvgIpc) is 3.25. The standard InChI is InChI=1S/C21H16N4O3/c1-27-16-8-4-6-14(12-16)19-24-21(28-25-19)18-10-3-2-9-17(18)20(26)23-15-7-5-11-22-13-15/h2-13H,1H3,(H,23,26). The number of amides is 1. The molecule has 138 valence electrons. The Morgan fingerprint density at radius 3 is 2.79 bits per heavy atom. The fraction of sp³-hybridized carbons (Fsp3) is 0.0476. The lowest BCUT2D eigenvalue weighted by Crippen LogP contribution is -2.13. The van der Waals surface area contributed by atoms with Crippen LogP contribution in [0, 0.1) is 0 Å². The van der Waals surface area contributed by atoms with Gasteiger partial charge in [0.15, 0.2) is 0 Å². The van der Waals surface area contributed by atoms with Crippen molar-refractivity contribution in [2.75, 3.05) is 12.4 Å². The lowest BCUT2D eigenvalue weighted by molar-refractivity contribution is 0.102. The number of methoxy groups -OCH3 is 1. The van der Waals surface area contributed by atoms with E-state index in [9.17, 15) is 4.79 Å². The van der Waals surface area contributed by atoms with Crippen LogP contribution < -0.4 is 10.1 Å². The molecule has 0 saturated carbocycles. The molecule has 4 rings (SSSR count). The minimum atomic E-state index is -0.287. The predicted molar refractivity (Wildman–Crippen MR) is 104 cm³/mol. The normalized spacial score (nSPS) is 10.5. The summed E-state index contributed by atoms with van der Waals surface area (Å²) in [5, 5.41) is 6.85. The molecule has 0 aliphatic heterocycles. The summed E-state index contributed by atoms with van der Waals surface area (Å²) in [6, 6.07) is 17.9. The number of aromatic nitrogens is 3. The van der Waals surface area contributed by atoms with Crippen LogP contribution in [0.3, 0.4) is 0 Å². The zero-order chi connectivity index (χ0) is 19.3. The molecule has 0 atom stereocenters. The number of nitrogens with one attached hydrogen (secondary N) is 1. The van der Waals surface area contributed by atoms with Crippen LogP contribution in [0.5, 0.6) is 5.75 Å². The van der Waals surface area contributed by atoms with Gasteiger partial charge in [0, 0.05) is 11.8 Å². The highest BCUT2D eigenvalue weighted by atomic mass is 16.5. The van der Waals surface area contributed by atoms with Crippen LogP contribution in [0.15, 0.2) is 77.6 Å². The number of pyridine rings is 1. The van der Waals surface area contributed by atoms with Gasteiger partial charge in [0.2, 0.25) is 5.82 Å². The molecular formula is C21H16N4O3. The van der Waals surface area contributed by atoms with Crippen molar-refractivity contribution >= 4 is 11.6 Å². The largest absolute Gasteiger partial charge is 0.497 e. The van der Waals surface area contributed by atoms with Crippen molar-refractivity contribution < 1.29 is 14.1 Å². The lowest BCUT2D eigenvalue weighted by atomic mass is 10.1. The van der Waals surface area contributed by atoms with E-state index >= 15 is 0 Å². The zero-order valence-electron chi connectivity index (χ0n) is 15.0. The zero-order valence-corrected chi connectivity index (χ0v) is 15.0. The molecule has 7 heteroatoms. The first kappa shape index (κ1) is 17.4. The highest BCUT2D eigenvalue weighted by Crippen LogP contribution is 2.27. The second-order valence-electron chi connectivity index (χ2n) is 5.90. The molecule has 0 saturated heterocycles. The third-order valence-electron chi connectivity index (χ3n) is 4.08. The Bertz CT molecular complexity index is 1110. The van der Waals surface area contributed by atoms with Gasteiger partial charge in [-0.05, 0) is 36.4 Å². The molecule has 2 heterocycles. The summed E-state index contributed by atoms with van der Waals surface area (Å²) in [5.74, 6) is 1.08. The molecule has 0 fully saturated rings. The molecule has 0 radical (unpaired) electrons. The summed E-state index contributed by atoms with van der Waals surface area (Å²) in [5.41, 5.74) is 2.33. The molecule has 28 heavy (non-hydrogen) atoms. The molecule has 2 aromatic carbocycles. The molecule has 0 aliphatic rings. The first-order valence-corrected chi connectivity index (χ1v) is 8.53. The van der Waals surface area contributed by atoms with Crippen LogP contribution in [0.1, 0.15) is 10.4 Å². The summed E-state index contributed by atoms with van der Waals surface area (Å²) in [7, 11) is 1.60. The van der Waals surface area contributed by atoms with Crippen LogP contribution in [0.25, 0.3) is 22.8 Å². The van der Waals surface area contributed by atoms with Crippen LogP contribution in [-0.2, 0) is 0 Å². The van der Waals surface area contributed by atoms with Crippen molar-refractivity contribution in [2.24, 2.45) is 0 Å². The summed E-state index contributed by atoms with van der Waals surface area (Å²) >= 11 is 0. The Labute approximate surface area is 161 Å². The maximum atomic E-state index is 12.7. The fourth-order valence-electron chi connectivity index (χ4n) is 2.72. The van der Waals surface area contributed by atoms with Gasteiger partial charge in [0.05, 0.1) is 30.1 Å². The van der Waals surface area contributed by atoms with Crippen LogP contribution in [0.2, 0.25) is 0 Å². The van der Waals surface area contributed by atoms with E-state index in [1.54, 1.807) is 49.8 Å². The van der Waals surface area contributed by atoms with E-state index < -0.39 is 0 Å². The van der Waals surface area contributed by atoms with Gasteiger partial charge in [-0.15, -0.1) is 0 Å². The summed E-state index contributed by atoms with van der Waals surface area (Å²) in [6.45, 7) is 0. The maximum absolute atomic E-state index is 12.7. The van der Waals surface area contributed by atoms with Gasteiger partial charge in [-0.25, -0.2) is 0 Å². The number of ether oxygens (including phenoxy) is 1. The number of hydrogen-bond donors (Lipinski definition) is 1. The van der Waals surface area contributed by atoms with E-state index in [2.05, 4.69) is 20.4 Å². The Hall–Kier alpha value is -4.00. The first-order valence-electron chi connectivity index (χ1n) is 8.53. The number of anilines is 1. The third kappa shape index (κ3) is 3.59. The van der Waals surface area contributed by atoms with Crippen LogP contribution in [-0.4, -0.2) is 28.1 Å². The second kappa shape index (κ2) is 7.71. The van der Waals surface area contributed by atoms with Crippen molar-refractivity contribution in [3.63, 3.8) is 0 Å². The van der Waals surface area contributed by atoms with E-state index in [-0.39, 0.29) is 11.8 Å². The SMILES string of the molecule is COc1cccc(-c2noc(-c3ccccc3C(=O)Nc3cccnc3)n2)c1. The fourth-order valence-corrected chi connectivity index (χ4v) is 2.72. The van der Waals surface area contributed by atoms with Crippen molar-refractivity contribution in [1.82, 2.24) is 15.1 Å². The molecule has 2 aromatic heterocycles. The number of benzene rings is 2. The quantitative estimate of drug-likeness (QED) is 0.568. The van der Waals surface area contributed by atoms with Gasteiger partial charge in [0.25, 0.3) is 11.8 Å². The number of nitrogens with zero attached hydrogens (tertiary/aromatic N) is 3. The van der Waals surface area contributed by atoms with Gasteiger partial charge in [-0.1, -0.05) is 29.4 Å². The van der Waals surface area contributed by atoms with Gasteiger partial charge >= 0.3 is 0 Å². The summed E-state index contributed by atoms with van der Waals surface area (Å²) in [4.78, 5) is 21.2. The molecular weight excluding hydrogens is 356 g/mol. The van der Waals surface area contributed by atoms with Gasteiger partial charge in [-0.3, -0.25) is 9.78 Å². The minimum absolute atomic E-state index is 0.259. The topological polar surface area (TPSA) is 90.1 Å². The van der Waals surface area contributed by atoms with E-state index in [0.717, 1.165) is 5.56 Å². The molecule has 7 nitrogen and oxygen atoms in total. The molecule has 1 N–H and O–H groups in total. The van der Waals surface area contributed by atoms with E-state index in [1.807, 2.05) is 30.3 Å². The molecule has 1 amide bonds.